The molecule has 0 bridgehead atoms. The van der Waals surface area contributed by atoms with E-state index in [9.17, 15) is 17.6 Å². The molecule has 0 atom stereocenters. The molecule has 29 heavy (non-hydrogen) atoms. The average molecular weight is 420 g/mol. The van der Waals surface area contributed by atoms with Crippen molar-refractivity contribution in [2.45, 2.75) is 30.6 Å². The van der Waals surface area contributed by atoms with Gasteiger partial charge in [0.25, 0.3) is 0 Å². The molecule has 1 amide bonds. The van der Waals surface area contributed by atoms with Gasteiger partial charge in [0.1, 0.15) is 5.82 Å². The third-order valence-corrected chi connectivity index (χ3v) is 6.83. The average Bonchev–Trinajstić information content (AvgIpc) is 2.98. The largest absolute Gasteiger partial charge is 0.370 e. The quantitative estimate of drug-likeness (QED) is 0.779. The van der Waals surface area contributed by atoms with Gasteiger partial charge in [0, 0.05) is 20.1 Å². The van der Waals surface area contributed by atoms with Crippen LogP contribution >= 0.6 is 0 Å². The SMILES string of the molecule is CN(CC(=O)Nc1ccccc1N1CCCCCC1)S(=O)(=O)c1ccc(F)cc1. The summed E-state index contributed by atoms with van der Waals surface area (Å²) >= 11 is 0. The number of rotatable bonds is 6. The summed E-state index contributed by atoms with van der Waals surface area (Å²) in [4.78, 5) is 14.8. The molecule has 0 aromatic heterocycles. The standard InChI is InChI=1S/C21H26FN3O3S/c1-24(29(27,28)18-12-10-17(22)11-13-18)16-21(26)23-19-8-4-5-9-20(19)25-14-6-2-3-7-15-25/h4-5,8-13H,2-3,6-7,14-16H2,1H3,(H,23,26). The first-order chi connectivity index (χ1) is 13.9. The van der Waals surface area contributed by atoms with Crippen LogP contribution in [0.25, 0.3) is 0 Å². The number of anilines is 2. The van der Waals surface area contributed by atoms with Crippen molar-refractivity contribution in [1.29, 1.82) is 0 Å². The molecule has 1 N–H and O–H groups in total. The van der Waals surface area contributed by atoms with Crippen molar-refractivity contribution in [3.8, 4) is 0 Å². The summed E-state index contributed by atoms with van der Waals surface area (Å²) in [7, 11) is -2.55. The molecule has 0 aliphatic carbocycles. The van der Waals surface area contributed by atoms with Crippen molar-refractivity contribution in [2.75, 3.05) is 36.9 Å². The Morgan fingerprint density at radius 1 is 1.03 bits per heavy atom. The number of likely N-dealkylation sites (N-methyl/N-ethyl adjacent to an activating group) is 1. The van der Waals surface area contributed by atoms with Crippen LogP contribution < -0.4 is 10.2 Å². The maximum absolute atomic E-state index is 13.1. The number of halogens is 1. The van der Waals surface area contributed by atoms with Crippen molar-refractivity contribution in [3.05, 3.63) is 54.3 Å². The first-order valence-corrected chi connectivity index (χ1v) is 11.2. The molecule has 8 heteroatoms. The van der Waals surface area contributed by atoms with E-state index in [1.807, 2.05) is 24.3 Å². The fourth-order valence-electron chi connectivity index (χ4n) is 3.43. The number of benzene rings is 2. The van der Waals surface area contributed by atoms with Crippen LogP contribution in [0.3, 0.4) is 0 Å². The number of nitrogens with zero attached hydrogens (tertiary/aromatic N) is 2. The summed E-state index contributed by atoms with van der Waals surface area (Å²) in [6, 6.07) is 12.1. The molecule has 1 saturated heterocycles. The van der Waals surface area contributed by atoms with Crippen molar-refractivity contribution < 1.29 is 17.6 Å². The lowest BCUT2D eigenvalue weighted by molar-refractivity contribution is -0.116. The van der Waals surface area contributed by atoms with Gasteiger partial charge in [-0.25, -0.2) is 12.8 Å². The second-order valence-electron chi connectivity index (χ2n) is 7.18. The van der Waals surface area contributed by atoms with Crippen molar-refractivity contribution in [3.63, 3.8) is 0 Å². The van der Waals surface area contributed by atoms with Gasteiger partial charge in [0.2, 0.25) is 15.9 Å². The smallest absolute Gasteiger partial charge is 0.243 e. The Bertz CT molecular complexity index is 940. The molecular weight excluding hydrogens is 393 g/mol. The Morgan fingerprint density at radius 3 is 2.31 bits per heavy atom. The van der Waals surface area contributed by atoms with E-state index < -0.39 is 21.7 Å². The molecule has 1 aliphatic heterocycles. The summed E-state index contributed by atoms with van der Waals surface area (Å²) < 4.78 is 39.2. The third kappa shape index (κ3) is 5.33. The lowest BCUT2D eigenvalue weighted by Crippen LogP contribution is -2.35. The summed E-state index contributed by atoms with van der Waals surface area (Å²) in [5, 5.41) is 2.85. The first-order valence-electron chi connectivity index (χ1n) is 9.73. The summed E-state index contributed by atoms with van der Waals surface area (Å²) in [6.07, 6.45) is 4.63. The number of hydrogen-bond donors (Lipinski definition) is 1. The van der Waals surface area contributed by atoms with Gasteiger partial charge in [0.15, 0.2) is 0 Å². The Kier molecular flexibility index (Phi) is 6.87. The number of amides is 1. The number of hydrogen-bond acceptors (Lipinski definition) is 4. The molecule has 1 fully saturated rings. The Morgan fingerprint density at radius 2 is 1.66 bits per heavy atom. The van der Waals surface area contributed by atoms with Gasteiger partial charge >= 0.3 is 0 Å². The van der Waals surface area contributed by atoms with Crippen LogP contribution in [-0.2, 0) is 14.8 Å². The molecular formula is C21H26FN3O3S. The van der Waals surface area contributed by atoms with Crippen LogP contribution in [0.5, 0.6) is 0 Å². The Balaban J connectivity index is 1.70. The van der Waals surface area contributed by atoms with Gasteiger partial charge in [0.05, 0.1) is 22.8 Å². The zero-order valence-corrected chi connectivity index (χ0v) is 17.3. The normalized spacial score (nSPS) is 15.2. The maximum atomic E-state index is 13.1. The minimum Gasteiger partial charge on any atom is -0.370 e. The predicted molar refractivity (Wildman–Crippen MR) is 112 cm³/mol. The first kappa shape index (κ1) is 21.3. The van der Waals surface area contributed by atoms with Crippen LogP contribution in [0.2, 0.25) is 0 Å². The number of carbonyl (C=O) groups is 1. The highest BCUT2D eigenvalue weighted by Gasteiger charge is 2.23. The summed E-state index contributed by atoms with van der Waals surface area (Å²) in [5.74, 6) is -0.949. The van der Waals surface area contributed by atoms with E-state index in [4.69, 9.17) is 0 Å². The molecule has 0 saturated carbocycles. The number of carbonyl (C=O) groups excluding carboxylic acids is 1. The zero-order chi connectivity index (χ0) is 20.9. The van der Waals surface area contributed by atoms with Crippen LogP contribution in [0.4, 0.5) is 15.8 Å². The van der Waals surface area contributed by atoms with E-state index in [0.717, 1.165) is 48.1 Å². The van der Waals surface area contributed by atoms with E-state index in [-0.39, 0.29) is 11.4 Å². The van der Waals surface area contributed by atoms with Crippen molar-refractivity contribution in [2.24, 2.45) is 0 Å². The van der Waals surface area contributed by atoms with E-state index in [2.05, 4.69) is 10.2 Å². The molecule has 2 aromatic rings. The van der Waals surface area contributed by atoms with Gasteiger partial charge in [-0.1, -0.05) is 25.0 Å². The molecule has 6 nitrogen and oxygen atoms in total. The minimum atomic E-state index is -3.88. The highest BCUT2D eigenvalue weighted by molar-refractivity contribution is 7.89. The predicted octanol–water partition coefficient (Wildman–Crippen LogP) is 3.47. The third-order valence-electron chi connectivity index (χ3n) is 5.01. The molecule has 1 heterocycles. The highest BCUT2D eigenvalue weighted by Crippen LogP contribution is 2.28. The topological polar surface area (TPSA) is 69.7 Å². The summed E-state index contributed by atoms with van der Waals surface area (Å²) in [6.45, 7) is 1.53. The highest BCUT2D eigenvalue weighted by atomic mass is 32.2. The second kappa shape index (κ2) is 9.37. The molecule has 2 aromatic carbocycles. The minimum absolute atomic E-state index is 0.0563. The van der Waals surface area contributed by atoms with Crippen LogP contribution in [0, 0.1) is 5.82 Å². The van der Waals surface area contributed by atoms with Gasteiger partial charge in [-0.2, -0.15) is 4.31 Å². The van der Waals surface area contributed by atoms with E-state index in [1.165, 1.54) is 32.0 Å². The van der Waals surface area contributed by atoms with Crippen LogP contribution in [0.1, 0.15) is 25.7 Å². The number of para-hydroxylation sites is 2. The van der Waals surface area contributed by atoms with Gasteiger partial charge in [-0.15, -0.1) is 0 Å². The van der Waals surface area contributed by atoms with E-state index in [1.54, 1.807) is 0 Å². The monoisotopic (exact) mass is 419 g/mol. The maximum Gasteiger partial charge on any atom is 0.243 e. The molecule has 3 rings (SSSR count). The molecule has 156 valence electrons. The van der Waals surface area contributed by atoms with Crippen LogP contribution in [-0.4, -0.2) is 45.3 Å². The van der Waals surface area contributed by atoms with E-state index in [0.29, 0.717) is 5.69 Å². The Hall–Kier alpha value is -2.45. The molecule has 0 unspecified atom stereocenters. The van der Waals surface area contributed by atoms with Crippen LogP contribution in [0.15, 0.2) is 53.4 Å². The van der Waals surface area contributed by atoms with E-state index >= 15 is 0 Å². The van der Waals surface area contributed by atoms with Crippen molar-refractivity contribution in [1.82, 2.24) is 4.31 Å². The zero-order valence-electron chi connectivity index (χ0n) is 16.5. The summed E-state index contributed by atoms with van der Waals surface area (Å²) in [5.41, 5.74) is 1.62. The second-order valence-corrected chi connectivity index (χ2v) is 9.23. The van der Waals surface area contributed by atoms with Gasteiger partial charge in [-0.3, -0.25) is 4.79 Å². The fraction of sp³-hybridized carbons (Fsp3) is 0.381. The number of nitrogens with one attached hydrogen (secondary N) is 1. The fourth-order valence-corrected chi connectivity index (χ4v) is 4.56. The Labute approximate surface area is 171 Å². The molecule has 0 spiro atoms. The van der Waals surface area contributed by atoms with Gasteiger partial charge < -0.3 is 10.2 Å². The lowest BCUT2D eigenvalue weighted by atomic mass is 10.2. The molecule has 0 radical (unpaired) electrons. The van der Waals surface area contributed by atoms with Crippen molar-refractivity contribution >= 4 is 27.3 Å². The molecule has 1 aliphatic rings. The number of sulfonamides is 1. The lowest BCUT2D eigenvalue weighted by Gasteiger charge is -2.26. The van der Waals surface area contributed by atoms with Gasteiger partial charge in [-0.05, 0) is 49.2 Å².